The van der Waals surface area contributed by atoms with Gasteiger partial charge in [0.15, 0.2) is 0 Å². The Bertz CT molecular complexity index is 416. The highest BCUT2D eigenvalue weighted by atomic mass is 16.6. The van der Waals surface area contributed by atoms with E-state index in [4.69, 9.17) is 9.47 Å². The minimum absolute atomic E-state index is 0.0503. The van der Waals surface area contributed by atoms with E-state index in [-0.39, 0.29) is 12.1 Å². The van der Waals surface area contributed by atoms with Crippen molar-refractivity contribution in [3.05, 3.63) is 12.2 Å². The summed E-state index contributed by atoms with van der Waals surface area (Å²) >= 11 is 0. The van der Waals surface area contributed by atoms with Crippen LogP contribution in [0.1, 0.15) is 44.9 Å². The van der Waals surface area contributed by atoms with Crippen LogP contribution in [0.25, 0.3) is 0 Å². The van der Waals surface area contributed by atoms with Gasteiger partial charge in [0.05, 0.1) is 12.2 Å². The van der Waals surface area contributed by atoms with E-state index in [1.165, 1.54) is 19.3 Å². The van der Waals surface area contributed by atoms with Crippen molar-refractivity contribution in [2.45, 2.75) is 57.2 Å². The van der Waals surface area contributed by atoms with Gasteiger partial charge in [-0.15, -0.1) is 0 Å². The molecule has 2 saturated carbocycles. The lowest BCUT2D eigenvalue weighted by Gasteiger charge is -2.27. The molecule has 2 aliphatic heterocycles. The Morgan fingerprint density at radius 2 is 1.85 bits per heavy atom. The molecular weight excluding hydrogens is 252 g/mol. The fraction of sp³-hybridized carbons (Fsp3) is 0.824. The summed E-state index contributed by atoms with van der Waals surface area (Å²) in [5.74, 6) is 3.02. The Hall–Kier alpha value is -0.830. The summed E-state index contributed by atoms with van der Waals surface area (Å²) in [6.07, 6.45) is 12.7. The number of rotatable bonds is 0. The van der Waals surface area contributed by atoms with Crippen LogP contribution in [0, 0.1) is 23.7 Å². The van der Waals surface area contributed by atoms with Gasteiger partial charge in [-0.2, -0.15) is 0 Å². The Morgan fingerprint density at radius 1 is 1.05 bits per heavy atom. The zero-order chi connectivity index (χ0) is 13.5. The van der Waals surface area contributed by atoms with E-state index in [0.29, 0.717) is 25.0 Å². The van der Waals surface area contributed by atoms with Crippen molar-refractivity contribution in [3.63, 3.8) is 0 Å². The summed E-state index contributed by atoms with van der Waals surface area (Å²) < 4.78 is 11.8. The highest BCUT2D eigenvalue weighted by Crippen LogP contribution is 2.59. The number of carbonyl (C=O) groups excluding carboxylic acids is 1. The Kier molecular flexibility index (Phi) is 3.33. The number of carbonyl (C=O) groups is 1. The lowest BCUT2D eigenvalue weighted by Crippen LogP contribution is -2.31. The Morgan fingerprint density at radius 3 is 2.70 bits per heavy atom. The maximum Gasteiger partial charge on any atom is 0.305 e. The second-order valence-corrected chi connectivity index (χ2v) is 6.98. The minimum Gasteiger partial charge on any atom is -0.463 e. The van der Waals surface area contributed by atoms with Crippen molar-refractivity contribution in [1.82, 2.24) is 0 Å². The molecule has 110 valence electrons. The first-order valence-corrected chi connectivity index (χ1v) is 8.29. The van der Waals surface area contributed by atoms with E-state index in [1.807, 2.05) is 0 Å². The molecule has 0 aromatic rings. The molecule has 4 aliphatic rings. The number of allylic oxidation sites excluding steroid dienone is 1. The highest BCUT2D eigenvalue weighted by molar-refractivity contribution is 5.69. The normalized spacial score (nSPS) is 49.1. The monoisotopic (exact) mass is 276 g/mol. The summed E-state index contributed by atoms with van der Waals surface area (Å²) in [5.41, 5.74) is 0. The van der Waals surface area contributed by atoms with Crippen LogP contribution in [0.3, 0.4) is 0 Å². The number of hydrogen-bond donors (Lipinski definition) is 0. The van der Waals surface area contributed by atoms with Crippen molar-refractivity contribution in [2.75, 3.05) is 6.61 Å². The molecular formula is C17H24O3. The van der Waals surface area contributed by atoms with Gasteiger partial charge in [-0.25, -0.2) is 0 Å². The van der Waals surface area contributed by atoms with Gasteiger partial charge < -0.3 is 9.47 Å². The quantitative estimate of drug-likeness (QED) is 0.504. The van der Waals surface area contributed by atoms with Gasteiger partial charge in [0.1, 0.15) is 6.61 Å². The molecule has 4 bridgehead atoms. The molecule has 0 aromatic heterocycles. The average molecular weight is 276 g/mol. The summed E-state index contributed by atoms with van der Waals surface area (Å²) in [6.45, 7) is 0.490. The van der Waals surface area contributed by atoms with Crippen LogP contribution in [-0.2, 0) is 14.3 Å². The fourth-order valence-electron chi connectivity index (χ4n) is 5.21. The maximum absolute atomic E-state index is 11.7. The smallest absolute Gasteiger partial charge is 0.305 e. The second-order valence-electron chi connectivity index (χ2n) is 6.98. The van der Waals surface area contributed by atoms with Crippen LogP contribution in [0.15, 0.2) is 12.2 Å². The molecule has 4 rings (SSSR count). The van der Waals surface area contributed by atoms with E-state index in [2.05, 4.69) is 12.2 Å². The van der Waals surface area contributed by atoms with Gasteiger partial charge in [-0.1, -0.05) is 12.2 Å². The molecule has 0 spiro atoms. The zero-order valence-electron chi connectivity index (χ0n) is 12.0. The van der Waals surface area contributed by atoms with Gasteiger partial charge in [-0.3, -0.25) is 4.79 Å². The summed E-state index contributed by atoms with van der Waals surface area (Å²) in [4.78, 5) is 11.7. The van der Waals surface area contributed by atoms with E-state index in [1.54, 1.807) is 0 Å². The molecule has 6 atom stereocenters. The number of hydrogen-bond acceptors (Lipinski definition) is 3. The Balaban J connectivity index is 1.55. The predicted molar refractivity (Wildman–Crippen MR) is 75.0 cm³/mol. The number of cyclic esters (lactones) is 1. The molecule has 0 unspecified atom stereocenters. The van der Waals surface area contributed by atoms with Crippen molar-refractivity contribution in [2.24, 2.45) is 23.7 Å². The van der Waals surface area contributed by atoms with E-state index in [9.17, 15) is 4.79 Å². The molecule has 3 heteroatoms. The van der Waals surface area contributed by atoms with Crippen molar-refractivity contribution in [1.29, 1.82) is 0 Å². The third-order valence-corrected chi connectivity index (χ3v) is 5.95. The molecule has 20 heavy (non-hydrogen) atoms. The third kappa shape index (κ3) is 2.11. The molecule has 3 nitrogen and oxygen atoms in total. The van der Waals surface area contributed by atoms with Gasteiger partial charge >= 0.3 is 5.97 Å². The van der Waals surface area contributed by atoms with Gasteiger partial charge in [0.25, 0.3) is 0 Å². The van der Waals surface area contributed by atoms with Crippen LogP contribution >= 0.6 is 0 Å². The molecule has 2 aliphatic carbocycles. The predicted octanol–water partition coefficient (Wildman–Crippen LogP) is 3.09. The van der Waals surface area contributed by atoms with Crippen LogP contribution in [0.4, 0.5) is 0 Å². The van der Waals surface area contributed by atoms with Crippen molar-refractivity contribution >= 4 is 5.97 Å². The van der Waals surface area contributed by atoms with Gasteiger partial charge in [0.2, 0.25) is 0 Å². The highest BCUT2D eigenvalue weighted by Gasteiger charge is 2.58. The SMILES string of the molecule is O=C1CCC/C=C/C[C@H]2O[C@@H](CO1)[C@@H]1[C@@H]3CC[C@@H](C3)[C@@H]12. The summed E-state index contributed by atoms with van der Waals surface area (Å²) in [6, 6.07) is 0. The largest absolute Gasteiger partial charge is 0.463 e. The lowest BCUT2D eigenvalue weighted by atomic mass is 9.75. The zero-order valence-corrected chi connectivity index (χ0v) is 12.0. The van der Waals surface area contributed by atoms with Crippen LogP contribution in [0.5, 0.6) is 0 Å². The van der Waals surface area contributed by atoms with Crippen molar-refractivity contribution < 1.29 is 14.3 Å². The molecule has 3 fully saturated rings. The van der Waals surface area contributed by atoms with Gasteiger partial charge in [0, 0.05) is 6.42 Å². The topological polar surface area (TPSA) is 35.5 Å². The first kappa shape index (κ1) is 12.9. The third-order valence-electron chi connectivity index (χ3n) is 5.95. The van der Waals surface area contributed by atoms with Crippen molar-refractivity contribution in [3.8, 4) is 0 Å². The number of fused-ring (bicyclic) bond motifs is 9. The first-order chi connectivity index (χ1) is 9.83. The molecule has 0 N–H and O–H groups in total. The average Bonchev–Trinajstić information content (AvgIpc) is 3.11. The second kappa shape index (κ2) is 5.18. The lowest BCUT2D eigenvalue weighted by molar-refractivity contribution is -0.148. The summed E-state index contributed by atoms with van der Waals surface area (Å²) in [7, 11) is 0. The fourth-order valence-corrected chi connectivity index (χ4v) is 5.21. The molecule has 1 saturated heterocycles. The number of esters is 1. The van der Waals surface area contributed by atoms with Crippen LogP contribution in [-0.4, -0.2) is 24.8 Å². The van der Waals surface area contributed by atoms with E-state index in [0.717, 1.165) is 37.0 Å². The van der Waals surface area contributed by atoms with Crippen LogP contribution < -0.4 is 0 Å². The molecule has 0 aromatic carbocycles. The van der Waals surface area contributed by atoms with E-state index < -0.39 is 0 Å². The number of ether oxygens (including phenoxy) is 2. The minimum atomic E-state index is -0.0503. The molecule has 0 amide bonds. The van der Waals surface area contributed by atoms with Crippen LogP contribution in [0.2, 0.25) is 0 Å². The summed E-state index contributed by atoms with van der Waals surface area (Å²) in [5, 5.41) is 0. The maximum atomic E-state index is 11.7. The van der Waals surface area contributed by atoms with Gasteiger partial charge in [-0.05, 0) is 62.2 Å². The molecule has 2 heterocycles. The van der Waals surface area contributed by atoms with E-state index >= 15 is 0 Å². The standard InChI is InChI=1S/C17H24O3/c18-15-6-4-2-1-3-5-13-16-11-7-8-12(9-11)17(16)14(20-13)10-19-15/h1,3,11-14,16-17H,2,4-10H2/b3-1+/t11-,12+,13+,14-,16+,17-/m0/s1. The Labute approximate surface area is 120 Å². The molecule has 0 radical (unpaired) electrons. The first-order valence-electron chi connectivity index (χ1n) is 8.29.